The molecule has 1 aliphatic carbocycles. The molecule has 158 valence electrons. The quantitative estimate of drug-likeness (QED) is 0.483. The largest absolute Gasteiger partial charge is 0.481 e. The fourth-order valence-corrected chi connectivity index (χ4v) is 3.96. The van der Waals surface area contributed by atoms with Crippen LogP contribution in [0.3, 0.4) is 0 Å². The predicted molar refractivity (Wildman–Crippen MR) is 121 cm³/mol. The number of nitrogens with zero attached hydrogens (tertiary/aromatic N) is 5. The standard InChI is InChI=1S/C25H21N5O2/c1-29-15-22(20(10-25(29)31)17-8-9-24(32-2)27-12-17)18-13-28-30(14-18)23-5-3-4-19(16-6-7-16)21(23)11-26/h3-5,8-10,12-16H,6-7H2,1-2H3. The van der Waals surface area contributed by atoms with Gasteiger partial charge in [-0.25, -0.2) is 9.67 Å². The minimum absolute atomic E-state index is 0.115. The van der Waals surface area contributed by atoms with E-state index in [9.17, 15) is 10.1 Å². The van der Waals surface area contributed by atoms with E-state index < -0.39 is 0 Å². The maximum absolute atomic E-state index is 12.4. The van der Waals surface area contributed by atoms with Crippen LogP contribution in [-0.4, -0.2) is 26.4 Å². The van der Waals surface area contributed by atoms with Gasteiger partial charge in [0.05, 0.1) is 24.6 Å². The van der Waals surface area contributed by atoms with Crippen LogP contribution in [-0.2, 0) is 7.05 Å². The van der Waals surface area contributed by atoms with Crippen LogP contribution in [0.25, 0.3) is 27.9 Å². The Bertz CT molecular complexity index is 1410. The van der Waals surface area contributed by atoms with E-state index in [4.69, 9.17) is 4.74 Å². The van der Waals surface area contributed by atoms with Gasteiger partial charge in [0.15, 0.2) is 0 Å². The van der Waals surface area contributed by atoms with Gasteiger partial charge in [-0.1, -0.05) is 12.1 Å². The lowest BCUT2D eigenvalue weighted by Crippen LogP contribution is -2.15. The predicted octanol–water partition coefficient (Wildman–Crippen LogP) is 4.06. The van der Waals surface area contributed by atoms with Gasteiger partial charge in [-0.15, -0.1) is 0 Å². The van der Waals surface area contributed by atoms with Gasteiger partial charge in [-0.3, -0.25) is 4.79 Å². The van der Waals surface area contributed by atoms with Crippen LogP contribution in [0, 0.1) is 11.3 Å². The van der Waals surface area contributed by atoms with Gasteiger partial charge in [0.1, 0.15) is 6.07 Å². The monoisotopic (exact) mass is 423 g/mol. The second-order valence-corrected chi connectivity index (χ2v) is 7.94. The molecule has 0 bridgehead atoms. The van der Waals surface area contributed by atoms with Crippen LogP contribution in [0.4, 0.5) is 0 Å². The van der Waals surface area contributed by atoms with E-state index >= 15 is 0 Å². The van der Waals surface area contributed by atoms with Crippen LogP contribution in [0.2, 0.25) is 0 Å². The first-order valence-corrected chi connectivity index (χ1v) is 10.4. The summed E-state index contributed by atoms with van der Waals surface area (Å²) in [6.45, 7) is 0. The molecule has 0 saturated heterocycles. The fourth-order valence-electron chi connectivity index (χ4n) is 3.96. The summed E-state index contributed by atoms with van der Waals surface area (Å²) in [4.78, 5) is 16.7. The third-order valence-corrected chi connectivity index (χ3v) is 5.83. The molecule has 1 aromatic carbocycles. The molecular formula is C25H21N5O2. The second-order valence-electron chi connectivity index (χ2n) is 7.94. The number of methoxy groups -OCH3 is 1. The minimum atomic E-state index is -0.115. The van der Waals surface area contributed by atoms with Crippen molar-refractivity contribution in [2.75, 3.05) is 7.11 Å². The van der Waals surface area contributed by atoms with Gasteiger partial charge in [0.2, 0.25) is 5.88 Å². The lowest BCUT2D eigenvalue weighted by atomic mass is 9.99. The molecule has 3 aromatic heterocycles. The third-order valence-electron chi connectivity index (χ3n) is 5.83. The number of aromatic nitrogens is 4. The van der Waals surface area contributed by atoms with Crippen molar-refractivity contribution in [1.82, 2.24) is 19.3 Å². The highest BCUT2D eigenvalue weighted by Crippen LogP contribution is 2.42. The van der Waals surface area contributed by atoms with Crippen LogP contribution in [0.1, 0.15) is 29.9 Å². The molecule has 1 fully saturated rings. The normalized spacial score (nSPS) is 13.0. The number of aryl methyl sites for hydroxylation is 1. The molecule has 0 aliphatic heterocycles. The molecule has 1 saturated carbocycles. The topological polar surface area (TPSA) is 85.7 Å². The van der Waals surface area contributed by atoms with E-state index in [2.05, 4.69) is 16.2 Å². The number of nitriles is 1. The third kappa shape index (κ3) is 3.46. The smallest absolute Gasteiger partial charge is 0.250 e. The summed E-state index contributed by atoms with van der Waals surface area (Å²) in [5.74, 6) is 0.976. The van der Waals surface area contributed by atoms with Crippen molar-refractivity contribution >= 4 is 0 Å². The highest BCUT2D eigenvalue weighted by atomic mass is 16.5. The van der Waals surface area contributed by atoms with Crippen molar-refractivity contribution in [3.63, 3.8) is 0 Å². The Morgan fingerprint density at radius 2 is 1.94 bits per heavy atom. The molecule has 32 heavy (non-hydrogen) atoms. The van der Waals surface area contributed by atoms with E-state index in [1.165, 1.54) is 0 Å². The van der Waals surface area contributed by atoms with Gasteiger partial charge < -0.3 is 9.30 Å². The maximum Gasteiger partial charge on any atom is 0.250 e. The maximum atomic E-state index is 12.4. The molecule has 4 aromatic rings. The summed E-state index contributed by atoms with van der Waals surface area (Å²) in [5.41, 5.74) is 5.67. The van der Waals surface area contributed by atoms with Gasteiger partial charge in [0, 0.05) is 54.5 Å². The zero-order chi connectivity index (χ0) is 22.2. The van der Waals surface area contributed by atoms with Crippen LogP contribution >= 0.6 is 0 Å². The van der Waals surface area contributed by atoms with E-state index in [0.717, 1.165) is 46.3 Å². The molecule has 0 atom stereocenters. The molecule has 7 heteroatoms. The zero-order valence-electron chi connectivity index (χ0n) is 17.8. The van der Waals surface area contributed by atoms with Crippen molar-refractivity contribution in [1.29, 1.82) is 5.26 Å². The van der Waals surface area contributed by atoms with Crippen LogP contribution in [0.15, 0.2) is 66.0 Å². The molecular weight excluding hydrogens is 402 g/mol. The van der Waals surface area contributed by atoms with Crippen LogP contribution in [0.5, 0.6) is 5.88 Å². The molecule has 0 N–H and O–H groups in total. The number of hydrogen-bond donors (Lipinski definition) is 0. The molecule has 3 heterocycles. The summed E-state index contributed by atoms with van der Waals surface area (Å²) in [6.07, 6.45) is 9.39. The summed E-state index contributed by atoms with van der Waals surface area (Å²) in [5, 5.41) is 14.4. The average molecular weight is 423 g/mol. The fraction of sp³-hybridized carbons (Fsp3) is 0.200. The number of pyridine rings is 2. The SMILES string of the molecule is COc1ccc(-c2cc(=O)n(C)cc2-c2cnn(-c3cccc(C4CC4)c3C#N)c2)cn1. The Kier molecular flexibility index (Phi) is 4.83. The highest BCUT2D eigenvalue weighted by molar-refractivity contribution is 5.82. The van der Waals surface area contributed by atoms with Crippen molar-refractivity contribution in [3.8, 4) is 39.9 Å². The highest BCUT2D eigenvalue weighted by Gasteiger charge is 2.27. The Balaban J connectivity index is 1.62. The first-order valence-electron chi connectivity index (χ1n) is 10.4. The molecule has 7 nitrogen and oxygen atoms in total. The first kappa shape index (κ1) is 19.8. The molecule has 0 radical (unpaired) electrons. The Morgan fingerprint density at radius 1 is 1.09 bits per heavy atom. The number of benzene rings is 1. The second kappa shape index (κ2) is 7.82. The van der Waals surface area contributed by atoms with Gasteiger partial charge >= 0.3 is 0 Å². The Labute approximate surface area is 185 Å². The van der Waals surface area contributed by atoms with E-state index in [1.807, 2.05) is 30.5 Å². The Morgan fingerprint density at radius 3 is 2.62 bits per heavy atom. The molecule has 1 aliphatic rings. The molecule has 0 unspecified atom stereocenters. The van der Waals surface area contributed by atoms with E-state index in [-0.39, 0.29) is 5.56 Å². The lowest BCUT2D eigenvalue weighted by Gasteiger charge is -2.11. The van der Waals surface area contributed by atoms with Crippen LogP contribution < -0.4 is 10.3 Å². The van der Waals surface area contributed by atoms with Crippen molar-refractivity contribution in [3.05, 3.63) is 82.7 Å². The number of ether oxygens (including phenoxy) is 1. The summed E-state index contributed by atoms with van der Waals surface area (Å²) in [7, 11) is 3.28. The number of hydrogen-bond acceptors (Lipinski definition) is 5. The van der Waals surface area contributed by atoms with Gasteiger partial charge in [-0.2, -0.15) is 10.4 Å². The summed E-state index contributed by atoms with van der Waals surface area (Å²) >= 11 is 0. The average Bonchev–Trinajstić information content (AvgIpc) is 3.56. The zero-order valence-corrected chi connectivity index (χ0v) is 17.8. The Hall–Kier alpha value is -4.18. The van der Waals surface area contributed by atoms with Gasteiger partial charge in [0.25, 0.3) is 5.56 Å². The lowest BCUT2D eigenvalue weighted by molar-refractivity contribution is 0.398. The van der Waals surface area contributed by atoms with Crippen molar-refractivity contribution < 1.29 is 4.74 Å². The summed E-state index contributed by atoms with van der Waals surface area (Å²) < 4.78 is 8.43. The van der Waals surface area contributed by atoms with E-state index in [1.54, 1.807) is 54.1 Å². The molecule has 5 rings (SSSR count). The van der Waals surface area contributed by atoms with E-state index in [0.29, 0.717) is 17.4 Å². The molecule has 0 spiro atoms. The molecule has 0 amide bonds. The van der Waals surface area contributed by atoms with Crippen molar-refractivity contribution in [2.45, 2.75) is 18.8 Å². The number of rotatable bonds is 5. The summed E-state index contributed by atoms with van der Waals surface area (Å²) in [6, 6.07) is 13.5. The minimum Gasteiger partial charge on any atom is -0.481 e. The van der Waals surface area contributed by atoms with Crippen molar-refractivity contribution in [2.24, 2.45) is 7.05 Å². The first-order chi connectivity index (χ1) is 15.6. The van der Waals surface area contributed by atoms with Gasteiger partial charge in [-0.05, 0) is 42.0 Å².